The fourth-order valence-electron chi connectivity index (χ4n) is 3.67. The molecule has 2 aliphatic rings. The van der Waals surface area contributed by atoms with Crippen LogP contribution in [0.5, 0.6) is 11.5 Å². The predicted octanol–water partition coefficient (Wildman–Crippen LogP) is 2.33. The number of nitrogens with one attached hydrogen (secondary N) is 2. The van der Waals surface area contributed by atoms with Crippen molar-refractivity contribution in [2.45, 2.75) is 44.5 Å². The first-order valence-corrected chi connectivity index (χ1v) is 8.47. The second-order valence-electron chi connectivity index (χ2n) is 6.33. The number of rotatable bonds is 6. The summed E-state index contributed by atoms with van der Waals surface area (Å²) in [4.78, 5) is 14.6. The van der Waals surface area contributed by atoms with Gasteiger partial charge in [0.1, 0.15) is 0 Å². The van der Waals surface area contributed by atoms with Gasteiger partial charge in [0.2, 0.25) is 0 Å². The Balaban J connectivity index is 1.51. The van der Waals surface area contributed by atoms with Gasteiger partial charge in [0, 0.05) is 25.2 Å². The van der Waals surface area contributed by atoms with Gasteiger partial charge in [0.15, 0.2) is 11.5 Å². The van der Waals surface area contributed by atoms with Crippen LogP contribution in [-0.4, -0.2) is 49.8 Å². The highest BCUT2D eigenvalue weighted by molar-refractivity contribution is 5.74. The van der Waals surface area contributed by atoms with Gasteiger partial charge >= 0.3 is 12.6 Å². The number of benzene rings is 1. The first-order valence-electron chi connectivity index (χ1n) is 8.47. The predicted molar refractivity (Wildman–Crippen MR) is 88.0 cm³/mol. The molecule has 2 amide bonds. The minimum atomic E-state index is -2.91. The molecule has 0 unspecified atom stereocenters. The van der Waals surface area contributed by atoms with Gasteiger partial charge in [-0.3, -0.25) is 4.90 Å². The minimum Gasteiger partial charge on any atom is -0.493 e. The molecule has 2 saturated heterocycles. The zero-order valence-electron chi connectivity index (χ0n) is 14.1. The van der Waals surface area contributed by atoms with E-state index in [1.54, 1.807) is 12.1 Å². The number of ether oxygens (including phenoxy) is 2. The molecule has 0 bridgehead atoms. The zero-order chi connectivity index (χ0) is 17.8. The SMILES string of the molecule is COc1cc(CNC(=O)N[C@H]2CCN3CCC[C@@H]23)ccc1OC(F)F. The van der Waals surface area contributed by atoms with Crippen molar-refractivity contribution in [3.63, 3.8) is 0 Å². The van der Waals surface area contributed by atoms with E-state index in [9.17, 15) is 13.6 Å². The molecule has 1 aromatic rings. The maximum atomic E-state index is 12.3. The van der Waals surface area contributed by atoms with Crippen molar-refractivity contribution in [2.24, 2.45) is 0 Å². The number of halogens is 2. The monoisotopic (exact) mass is 355 g/mol. The van der Waals surface area contributed by atoms with E-state index >= 15 is 0 Å². The van der Waals surface area contributed by atoms with Crippen molar-refractivity contribution >= 4 is 6.03 Å². The third-order valence-electron chi connectivity index (χ3n) is 4.82. The van der Waals surface area contributed by atoms with E-state index in [2.05, 4.69) is 20.3 Å². The quantitative estimate of drug-likeness (QED) is 0.822. The number of alkyl halides is 2. The number of hydrogen-bond donors (Lipinski definition) is 2. The highest BCUT2D eigenvalue weighted by atomic mass is 19.3. The van der Waals surface area contributed by atoms with Crippen LogP contribution in [0.3, 0.4) is 0 Å². The standard InChI is InChI=1S/C17H23F2N3O3/c1-24-15-9-11(4-5-14(15)25-16(18)19)10-20-17(23)21-12-6-8-22-7-2-3-13(12)22/h4-5,9,12-13,16H,2-3,6-8,10H2,1H3,(H2,20,21,23)/t12-,13-/m0/s1. The summed E-state index contributed by atoms with van der Waals surface area (Å²) in [6, 6.07) is 5.04. The molecule has 0 saturated carbocycles. The minimum absolute atomic E-state index is 0.0296. The zero-order valence-corrected chi connectivity index (χ0v) is 14.1. The molecular formula is C17H23F2N3O3. The summed E-state index contributed by atoms with van der Waals surface area (Å²) in [5, 5.41) is 5.84. The molecule has 2 aliphatic heterocycles. The number of carbonyl (C=O) groups excluding carboxylic acids is 1. The van der Waals surface area contributed by atoms with E-state index in [1.807, 2.05) is 0 Å². The molecule has 6 nitrogen and oxygen atoms in total. The van der Waals surface area contributed by atoms with Crippen molar-refractivity contribution in [1.82, 2.24) is 15.5 Å². The van der Waals surface area contributed by atoms with Crippen LogP contribution in [0.1, 0.15) is 24.8 Å². The van der Waals surface area contributed by atoms with Crippen LogP contribution in [0.4, 0.5) is 13.6 Å². The number of amides is 2. The normalized spacial score (nSPS) is 22.7. The van der Waals surface area contributed by atoms with E-state index in [-0.39, 0.29) is 30.1 Å². The molecule has 138 valence electrons. The van der Waals surface area contributed by atoms with Crippen LogP contribution in [0.2, 0.25) is 0 Å². The van der Waals surface area contributed by atoms with E-state index in [0.717, 1.165) is 31.5 Å². The Bertz CT molecular complexity index is 615. The molecule has 2 atom stereocenters. The average molecular weight is 355 g/mol. The molecule has 2 fully saturated rings. The average Bonchev–Trinajstić information content (AvgIpc) is 3.18. The fraction of sp³-hybridized carbons (Fsp3) is 0.588. The Morgan fingerprint density at radius 3 is 2.92 bits per heavy atom. The van der Waals surface area contributed by atoms with Gasteiger partial charge < -0.3 is 20.1 Å². The summed E-state index contributed by atoms with van der Waals surface area (Å²) in [6.07, 6.45) is 3.30. The van der Waals surface area contributed by atoms with Crippen LogP contribution in [0.25, 0.3) is 0 Å². The summed E-state index contributed by atoms with van der Waals surface area (Å²) >= 11 is 0. The van der Waals surface area contributed by atoms with Crippen LogP contribution < -0.4 is 20.1 Å². The summed E-state index contributed by atoms with van der Waals surface area (Å²) in [5.41, 5.74) is 0.738. The van der Waals surface area contributed by atoms with Crippen LogP contribution in [0, 0.1) is 0 Å². The van der Waals surface area contributed by atoms with Gasteiger partial charge in [0.25, 0.3) is 0 Å². The number of methoxy groups -OCH3 is 1. The maximum Gasteiger partial charge on any atom is 0.387 e. The number of urea groups is 1. The lowest BCUT2D eigenvalue weighted by Gasteiger charge is -2.21. The van der Waals surface area contributed by atoms with E-state index in [1.165, 1.54) is 19.6 Å². The smallest absolute Gasteiger partial charge is 0.387 e. The second-order valence-corrected chi connectivity index (χ2v) is 6.33. The third kappa shape index (κ3) is 4.31. The molecule has 8 heteroatoms. The van der Waals surface area contributed by atoms with E-state index in [4.69, 9.17) is 4.74 Å². The summed E-state index contributed by atoms with van der Waals surface area (Å²) < 4.78 is 34.1. The van der Waals surface area contributed by atoms with Gasteiger partial charge in [-0.25, -0.2) is 4.79 Å². The molecule has 0 spiro atoms. The van der Waals surface area contributed by atoms with E-state index < -0.39 is 6.61 Å². The van der Waals surface area contributed by atoms with Gasteiger partial charge in [-0.1, -0.05) is 6.07 Å². The molecule has 2 heterocycles. The largest absolute Gasteiger partial charge is 0.493 e. The fourth-order valence-corrected chi connectivity index (χ4v) is 3.67. The Morgan fingerprint density at radius 2 is 2.16 bits per heavy atom. The van der Waals surface area contributed by atoms with Gasteiger partial charge in [0.05, 0.1) is 7.11 Å². The summed E-state index contributed by atoms with van der Waals surface area (Å²) in [7, 11) is 1.38. The third-order valence-corrected chi connectivity index (χ3v) is 4.82. The van der Waals surface area contributed by atoms with Crippen molar-refractivity contribution < 1.29 is 23.0 Å². The number of fused-ring (bicyclic) bond motifs is 1. The number of hydrogen-bond acceptors (Lipinski definition) is 4. The Labute approximate surface area is 145 Å². The van der Waals surface area contributed by atoms with Crippen molar-refractivity contribution in [3.05, 3.63) is 23.8 Å². The molecule has 0 aromatic heterocycles. The number of carbonyl (C=O) groups is 1. The molecule has 3 rings (SSSR count). The Hall–Kier alpha value is -2.09. The topological polar surface area (TPSA) is 62.8 Å². The molecular weight excluding hydrogens is 332 g/mol. The van der Waals surface area contributed by atoms with Gasteiger partial charge in [-0.05, 0) is 43.5 Å². The highest BCUT2D eigenvalue weighted by Gasteiger charge is 2.37. The van der Waals surface area contributed by atoms with Crippen molar-refractivity contribution in [2.75, 3.05) is 20.2 Å². The molecule has 2 N–H and O–H groups in total. The number of nitrogens with zero attached hydrogens (tertiary/aromatic N) is 1. The Kier molecular flexibility index (Phi) is 5.57. The molecule has 0 radical (unpaired) electrons. The van der Waals surface area contributed by atoms with Gasteiger partial charge in [-0.2, -0.15) is 8.78 Å². The van der Waals surface area contributed by atoms with E-state index in [0.29, 0.717) is 6.04 Å². The van der Waals surface area contributed by atoms with Crippen molar-refractivity contribution in [3.8, 4) is 11.5 Å². The first-order chi connectivity index (χ1) is 12.1. The second kappa shape index (κ2) is 7.86. The van der Waals surface area contributed by atoms with Crippen LogP contribution in [0.15, 0.2) is 18.2 Å². The summed E-state index contributed by atoms with van der Waals surface area (Å²) in [6.45, 7) is -0.473. The van der Waals surface area contributed by atoms with Crippen molar-refractivity contribution in [1.29, 1.82) is 0 Å². The highest BCUT2D eigenvalue weighted by Crippen LogP contribution is 2.30. The Morgan fingerprint density at radius 1 is 1.32 bits per heavy atom. The lowest BCUT2D eigenvalue weighted by molar-refractivity contribution is -0.0512. The van der Waals surface area contributed by atoms with Gasteiger partial charge in [-0.15, -0.1) is 0 Å². The van der Waals surface area contributed by atoms with Crippen LogP contribution in [-0.2, 0) is 6.54 Å². The lowest BCUT2D eigenvalue weighted by atomic mass is 10.1. The molecule has 0 aliphatic carbocycles. The molecule has 25 heavy (non-hydrogen) atoms. The first kappa shape index (κ1) is 17.7. The maximum absolute atomic E-state index is 12.3. The van der Waals surface area contributed by atoms with Crippen LogP contribution >= 0.6 is 0 Å². The lowest BCUT2D eigenvalue weighted by Crippen LogP contribution is -2.46. The summed E-state index contributed by atoms with van der Waals surface area (Å²) in [5.74, 6) is 0.176. The molecule has 1 aromatic carbocycles.